The first-order valence-electron chi connectivity index (χ1n) is 9.34. The third-order valence-corrected chi connectivity index (χ3v) is 6.82. The molecule has 1 aliphatic rings. The topological polar surface area (TPSA) is 74.8 Å². The number of aryl methyl sites for hydroxylation is 1. The van der Waals surface area contributed by atoms with E-state index >= 15 is 0 Å². The summed E-state index contributed by atoms with van der Waals surface area (Å²) in [6.45, 7) is 6.30. The normalized spacial score (nSPS) is 16.7. The van der Waals surface area contributed by atoms with Gasteiger partial charge in [-0.25, -0.2) is 4.68 Å². The van der Waals surface area contributed by atoms with Gasteiger partial charge >= 0.3 is 0 Å². The zero-order chi connectivity index (χ0) is 19.5. The number of tetrazole rings is 1. The largest absolute Gasteiger partial charge is 0.376 e. The summed E-state index contributed by atoms with van der Waals surface area (Å²) in [6.07, 6.45) is 2.27. The van der Waals surface area contributed by atoms with Crippen molar-refractivity contribution in [1.82, 2.24) is 24.8 Å². The van der Waals surface area contributed by atoms with Crippen molar-refractivity contribution in [2.75, 3.05) is 12.4 Å². The molecule has 4 rings (SSSR count). The summed E-state index contributed by atoms with van der Waals surface area (Å²) in [6, 6.07) is 6.16. The van der Waals surface area contributed by atoms with Crippen LogP contribution in [0.15, 0.2) is 28.7 Å². The molecule has 7 nitrogen and oxygen atoms in total. The minimum absolute atomic E-state index is 0.0993. The molecule has 1 fully saturated rings. The van der Waals surface area contributed by atoms with E-state index in [0.29, 0.717) is 17.5 Å². The maximum absolute atomic E-state index is 12.9. The second kappa shape index (κ2) is 8.59. The lowest BCUT2D eigenvalue weighted by atomic mass is 10.2. The van der Waals surface area contributed by atoms with E-state index in [1.165, 1.54) is 16.6 Å². The van der Waals surface area contributed by atoms with Gasteiger partial charge in [-0.05, 0) is 54.6 Å². The van der Waals surface area contributed by atoms with Gasteiger partial charge in [-0.15, -0.1) is 16.4 Å². The number of Topliss-reactive ketones (excluding diaryl/α,β-unsaturated/α-hetero) is 1. The highest BCUT2D eigenvalue weighted by atomic mass is 32.2. The van der Waals surface area contributed by atoms with Gasteiger partial charge in [0.25, 0.3) is 0 Å². The molecule has 0 unspecified atom stereocenters. The maximum atomic E-state index is 12.9. The van der Waals surface area contributed by atoms with Crippen molar-refractivity contribution >= 4 is 28.9 Å². The molecule has 0 saturated carbocycles. The predicted molar refractivity (Wildman–Crippen MR) is 109 cm³/mol. The van der Waals surface area contributed by atoms with Crippen LogP contribution in [-0.4, -0.2) is 49.0 Å². The van der Waals surface area contributed by atoms with Crippen LogP contribution in [0.1, 0.15) is 39.5 Å². The molecule has 0 radical (unpaired) electrons. The Labute approximate surface area is 172 Å². The average Bonchev–Trinajstić information content (AvgIpc) is 3.47. The predicted octanol–water partition coefficient (Wildman–Crippen LogP) is 3.36. The molecule has 0 bridgehead atoms. The number of hydrogen-bond donors (Lipinski definition) is 0. The van der Waals surface area contributed by atoms with Crippen molar-refractivity contribution in [2.45, 2.75) is 51.0 Å². The molecule has 148 valence electrons. The number of aromatic nitrogens is 5. The highest BCUT2D eigenvalue weighted by Crippen LogP contribution is 2.23. The molecule has 1 saturated heterocycles. The van der Waals surface area contributed by atoms with Gasteiger partial charge < -0.3 is 9.30 Å². The number of nitrogens with zero attached hydrogens (tertiary/aromatic N) is 5. The molecule has 0 aromatic carbocycles. The lowest BCUT2D eigenvalue weighted by Gasteiger charge is -2.10. The van der Waals surface area contributed by atoms with E-state index in [4.69, 9.17) is 4.74 Å². The first kappa shape index (κ1) is 19.4. The highest BCUT2D eigenvalue weighted by molar-refractivity contribution is 7.99. The zero-order valence-corrected chi connectivity index (χ0v) is 17.6. The molecule has 0 spiro atoms. The third-order valence-electron chi connectivity index (χ3n) is 5.00. The van der Waals surface area contributed by atoms with Crippen LogP contribution in [0.5, 0.6) is 0 Å². The van der Waals surface area contributed by atoms with Gasteiger partial charge in [-0.3, -0.25) is 4.79 Å². The summed E-state index contributed by atoms with van der Waals surface area (Å²) in [7, 11) is 0. The van der Waals surface area contributed by atoms with Crippen molar-refractivity contribution in [1.29, 1.82) is 0 Å². The molecule has 0 aliphatic carbocycles. The summed E-state index contributed by atoms with van der Waals surface area (Å²) in [4.78, 5) is 14.1. The van der Waals surface area contributed by atoms with E-state index in [1.54, 1.807) is 16.0 Å². The number of ketones is 1. The van der Waals surface area contributed by atoms with E-state index in [0.717, 1.165) is 42.9 Å². The Hall–Kier alpha value is -1.97. The molecule has 0 N–H and O–H groups in total. The van der Waals surface area contributed by atoms with E-state index in [2.05, 4.69) is 37.6 Å². The minimum Gasteiger partial charge on any atom is -0.376 e. The van der Waals surface area contributed by atoms with Crippen molar-refractivity contribution < 1.29 is 9.53 Å². The zero-order valence-electron chi connectivity index (χ0n) is 16.0. The lowest BCUT2D eigenvalue weighted by molar-refractivity contribution is 0.0912. The molecule has 4 heterocycles. The maximum Gasteiger partial charge on any atom is 0.209 e. The van der Waals surface area contributed by atoms with Gasteiger partial charge in [0, 0.05) is 28.4 Å². The Morgan fingerprint density at radius 2 is 2.32 bits per heavy atom. The second-order valence-corrected chi connectivity index (χ2v) is 8.92. The van der Waals surface area contributed by atoms with Crippen LogP contribution in [0.25, 0.3) is 0 Å². The standard InChI is InChI=1S/C19H23N5O2S2/c1-13-9-17(14(2)23(13)11-16-6-4-8-27-16)18(25)12-28-19-20-21-22-24(19)10-15-5-3-7-26-15/h4,6,8-9,15H,3,5,7,10-12H2,1-2H3/t15-/m1/s1. The van der Waals surface area contributed by atoms with E-state index in [1.807, 2.05) is 19.9 Å². The SMILES string of the molecule is Cc1cc(C(=O)CSc2nnnn2C[C@H]2CCCO2)c(C)n1Cc1cccs1. The molecule has 1 aliphatic heterocycles. The van der Waals surface area contributed by atoms with Crippen LogP contribution in [0, 0.1) is 13.8 Å². The smallest absolute Gasteiger partial charge is 0.209 e. The van der Waals surface area contributed by atoms with Crippen LogP contribution in [0.3, 0.4) is 0 Å². The fraction of sp³-hybridized carbons (Fsp3) is 0.474. The number of ether oxygens (including phenoxy) is 1. The van der Waals surface area contributed by atoms with E-state index < -0.39 is 0 Å². The Morgan fingerprint density at radius 3 is 3.07 bits per heavy atom. The molecule has 3 aromatic rings. The van der Waals surface area contributed by atoms with Crippen LogP contribution in [0.2, 0.25) is 0 Å². The number of carbonyl (C=O) groups excluding carboxylic acids is 1. The summed E-state index contributed by atoms with van der Waals surface area (Å²) in [5, 5.41) is 14.6. The van der Waals surface area contributed by atoms with Crippen LogP contribution in [0.4, 0.5) is 0 Å². The Bertz CT molecular complexity index is 942. The van der Waals surface area contributed by atoms with Gasteiger partial charge in [-0.2, -0.15) is 0 Å². The third kappa shape index (κ3) is 4.21. The minimum atomic E-state index is 0.0993. The van der Waals surface area contributed by atoms with Crippen molar-refractivity contribution in [3.05, 3.63) is 45.4 Å². The average molecular weight is 418 g/mol. The van der Waals surface area contributed by atoms with Crippen molar-refractivity contribution in [3.8, 4) is 0 Å². The number of thiophene rings is 1. The molecular formula is C19H23N5O2S2. The number of rotatable bonds is 8. The summed E-state index contributed by atoms with van der Waals surface area (Å²) >= 11 is 3.11. The lowest BCUT2D eigenvalue weighted by Crippen LogP contribution is -2.17. The van der Waals surface area contributed by atoms with E-state index in [9.17, 15) is 4.79 Å². The number of carbonyl (C=O) groups is 1. The molecule has 1 atom stereocenters. The van der Waals surface area contributed by atoms with E-state index in [-0.39, 0.29) is 11.9 Å². The summed E-state index contributed by atoms with van der Waals surface area (Å²) in [5.41, 5.74) is 2.89. The Balaban J connectivity index is 1.41. The summed E-state index contributed by atoms with van der Waals surface area (Å²) in [5.74, 6) is 0.414. The fourth-order valence-electron chi connectivity index (χ4n) is 3.49. The Morgan fingerprint density at radius 1 is 1.43 bits per heavy atom. The molecule has 28 heavy (non-hydrogen) atoms. The van der Waals surface area contributed by atoms with Gasteiger partial charge in [0.05, 0.1) is 24.9 Å². The molecule has 9 heteroatoms. The molecule has 3 aromatic heterocycles. The molecular weight excluding hydrogens is 394 g/mol. The van der Waals surface area contributed by atoms with Gasteiger partial charge in [0.1, 0.15) is 0 Å². The number of hydrogen-bond acceptors (Lipinski definition) is 7. The Kier molecular flexibility index (Phi) is 5.93. The van der Waals surface area contributed by atoms with Gasteiger partial charge in [0.15, 0.2) is 5.78 Å². The van der Waals surface area contributed by atoms with Crippen molar-refractivity contribution in [2.24, 2.45) is 0 Å². The highest BCUT2D eigenvalue weighted by Gasteiger charge is 2.21. The van der Waals surface area contributed by atoms with Gasteiger partial charge in [0.2, 0.25) is 5.16 Å². The quantitative estimate of drug-likeness (QED) is 0.413. The first-order chi connectivity index (χ1) is 13.6. The first-order valence-corrected chi connectivity index (χ1v) is 11.2. The summed E-state index contributed by atoms with van der Waals surface area (Å²) < 4.78 is 9.60. The van der Waals surface area contributed by atoms with Crippen LogP contribution in [-0.2, 0) is 17.8 Å². The number of thioether (sulfide) groups is 1. The monoisotopic (exact) mass is 417 g/mol. The fourth-order valence-corrected chi connectivity index (χ4v) is 4.95. The van der Waals surface area contributed by atoms with Crippen LogP contribution < -0.4 is 0 Å². The van der Waals surface area contributed by atoms with Crippen molar-refractivity contribution in [3.63, 3.8) is 0 Å². The van der Waals surface area contributed by atoms with Crippen LogP contribution >= 0.6 is 23.1 Å². The van der Waals surface area contributed by atoms with Gasteiger partial charge in [-0.1, -0.05) is 17.8 Å². The molecule has 0 amide bonds. The second-order valence-electron chi connectivity index (χ2n) is 6.94.